The standard InChI is InChI=1S/C26H23NO2S/c1-19-25(21-14-8-4-9-15-21)23(20-12-6-3-7-13-20)18-24(30(28,29)27-2)26(19)22-16-10-5-11-17-22/h3-18,27H,1-2H3. The normalized spacial score (nSPS) is 11.4. The van der Waals surface area contributed by atoms with Crippen molar-refractivity contribution in [2.75, 3.05) is 7.05 Å². The Balaban J connectivity index is 2.17. The molecule has 150 valence electrons. The maximum absolute atomic E-state index is 13.1. The summed E-state index contributed by atoms with van der Waals surface area (Å²) in [4.78, 5) is 0.284. The molecule has 4 heteroatoms. The van der Waals surface area contributed by atoms with E-state index in [-0.39, 0.29) is 4.90 Å². The van der Waals surface area contributed by atoms with Gasteiger partial charge in [0.05, 0.1) is 4.90 Å². The zero-order valence-electron chi connectivity index (χ0n) is 17.0. The SMILES string of the molecule is CNS(=O)(=O)c1cc(-c2ccccc2)c(-c2ccccc2)c(C)c1-c1ccccc1. The molecule has 30 heavy (non-hydrogen) atoms. The van der Waals surface area contributed by atoms with Gasteiger partial charge in [-0.3, -0.25) is 0 Å². The first-order valence-corrected chi connectivity index (χ1v) is 11.3. The average molecular weight is 414 g/mol. The fourth-order valence-electron chi connectivity index (χ4n) is 3.89. The Kier molecular flexibility index (Phi) is 5.53. The van der Waals surface area contributed by atoms with Gasteiger partial charge in [0.1, 0.15) is 0 Å². The zero-order chi connectivity index (χ0) is 21.1. The smallest absolute Gasteiger partial charge is 0.214 e. The Morgan fingerprint density at radius 3 is 1.53 bits per heavy atom. The molecule has 0 aliphatic carbocycles. The van der Waals surface area contributed by atoms with Crippen molar-refractivity contribution in [3.63, 3.8) is 0 Å². The highest BCUT2D eigenvalue weighted by Crippen LogP contribution is 2.43. The topological polar surface area (TPSA) is 46.2 Å². The van der Waals surface area contributed by atoms with Crippen LogP contribution >= 0.6 is 0 Å². The van der Waals surface area contributed by atoms with E-state index in [1.54, 1.807) is 6.07 Å². The highest BCUT2D eigenvalue weighted by Gasteiger charge is 2.25. The van der Waals surface area contributed by atoms with Crippen LogP contribution in [0.25, 0.3) is 33.4 Å². The van der Waals surface area contributed by atoms with E-state index in [0.717, 1.165) is 38.9 Å². The van der Waals surface area contributed by atoms with Crippen LogP contribution in [-0.2, 0) is 10.0 Å². The first kappa shape index (κ1) is 20.1. The molecular formula is C26H23NO2S. The van der Waals surface area contributed by atoms with Gasteiger partial charge in [0.15, 0.2) is 0 Å². The lowest BCUT2D eigenvalue weighted by atomic mass is 9.86. The first-order valence-electron chi connectivity index (χ1n) is 9.80. The summed E-state index contributed by atoms with van der Waals surface area (Å²) in [7, 11) is -2.23. The summed E-state index contributed by atoms with van der Waals surface area (Å²) in [6, 6.07) is 31.5. The van der Waals surface area contributed by atoms with Crippen molar-refractivity contribution in [2.24, 2.45) is 0 Å². The summed E-state index contributed by atoms with van der Waals surface area (Å²) in [5.74, 6) is 0. The summed E-state index contributed by atoms with van der Waals surface area (Å²) in [6.45, 7) is 2.01. The molecule has 4 rings (SSSR count). The predicted molar refractivity (Wildman–Crippen MR) is 124 cm³/mol. The molecule has 3 nitrogen and oxygen atoms in total. The zero-order valence-corrected chi connectivity index (χ0v) is 17.8. The Labute approximate surface area is 178 Å². The maximum Gasteiger partial charge on any atom is 0.240 e. The molecular weight excluding hydrogens is 390 g/mol. The van der Waals surface area contributed by atoms with Gasteiger partial charge in [-0.25, -0.2) is 13.1 Å². The molecule has 0 bridgehead atoms. The second kappa shape index (κ2) is 8.27. The number of rotatable bonds is 5. The van der Waals surface area contributed by atoms with E-state index in [2.05, 4.69) is 16.9 Å². The lowest BCUT2D eigenvalue weighted by Crippen LogP contribution is -2.20. The van der Waals surface area contributed by atoms with Gasteiger partial charge in [-0.05, 0) is 53.4 Å². The highest BCUT2D eigenvalue weighted by atomic mass is 32.2. The molecule has 4 aromatic carbocycles. The quantitative estimate of drug-likeness (QED) is 0.442. The van der Waals surface area contributed by atoms with E-state index in [0.29, 0.717) is 0 Å². The summed E-state index contributed by atoms with van der Waals surface area (Å²) >= 11 is 0. The summed E-state index contributed by atoms with van der Waals surface area (Å²) in [5.41, 5.74) is 6.50. The number of hydrogen-bond acceptors (Lipinski definition) is 2. The third-order valence-corrected chi connectivity index (χ3v) is 6.75. The molecule has 0 saturated heterocycles. The minimum atomic E-state index is -3.68. The number of benzene rings is 4. The number of hydrogen-bond donors (Lipinski definition) is 1. The van der Waals surface area contributed by atoms with Crippen LogP contribution in [0.2, 0.25) is 0 Å². The van der Waals surface area contributed by atoms with Crippen molar-refractivity contribution in [3.8, 4) is 33.4 Å². The van der Waals surface area contributed by atoms with Gasteiger partial charge in [-0.1, -0.05) is 91.0 Å². The van der Waals surface area contributed by atoms with Gasteiger partial charge < -0.3 is 0 Å². The van der Waals surface area contributed by atoms with Gasteiger partial charge in [-0.2, -0.15) is 0 Å². The van der Waals surface area contributed by atoms with Crippen LogP contribution < -0.4 is 4.72 Å². The van der Waals surface area contributed by atoms with Gasteiger partial charge in [-0.15, -0.1) is 0 Å². The molecule has 4 aromatic rings. The number of sulfonamides is 1. The Hall–Kier alpha value is -3.21. The van der Waals surface area contributed by atoms with E-state index < -0.39 is 10.0 Å². The van der Waals surface area contributed by atoms with Gasteiger partial charge >= 0.3 is 0 Å². The molecule has 0 saturated carbocycles. The molecule has 0 aliphatic rings. The van der Waals surface area contributed by atoms with E-state index >= 15 is 0 Å². The lowest BCUT2D eigenvalue weighted by molar-refractivity contribution is 0.588. The van der Waals surface area contributed by atoms with E-state index in [1.807, 2.05) is 85.8 Å². The largest absolute Gasteiger partial charge is 0.240 e. The van der Waals surface area contributed by atoms with Crippen LogP contribution in [0, 0.1) is 6.92 Å². The van der Waals surface area contributed by atoms with Gasteiger partial charge in [0.2, 0.25) is 10.0 Å². The molecule has 0 aliphatic heterocycles. The molecule has 0 heterocycles. The van der Waals surface area contributed by atoms with Crippen LogP contribution in [0.3, 0.4) is 0 Å². The Morgan fingerprint density at radius 1 is 0.633 bits per heavy atom. The molecule has 0 spiro atoms. The van der Waals surface area contributed by atoms with Crippen molar-refractivity contribution in [1.82, 2.24) is 4.72 Å². The monoisotopic (exact) mass is 413 g/mol. The molecule has 0 atom stereocenters. The van der Waals surface area contributed by atoms with Gasteiger partial charge in [0.25, 0.3) is 0 Å². The maximum atomic E-state index is 13.1. The summed E-state index contributed by atoms with van der Waals surface area (Å²) in [5, 5.41) is 0. The number of nitrogens with one attached hydrogen (secondary N) is 1. The second-order valence-corrected chi connectivity index (χ2v) is 8.96. The minimum absolute atomic E-state index is 0.284. The highest BCUT2D eigenvalue weighted by molar-refractivity contribution is 7.89. The van der Waals surface area contributed by atoms with Crippen LogP contribution in [0.1, 0.15) is 5.56 Å². The van der Waals surface area contributed by atoms with E-state index in [1.165, 1.54) is 7.05 Å². The van der Waals surface area contributed by atoms with Crippen molar-refractivity contribution >= 4 is 10.0 Å². The van der Waals surface area contributed by atoms with Crippen LogP contribution in [0.4, 0.5) is 0 Å². The van der Waals surface area contributed by atoms with Crippen LogP contribution in [-0.4, -0.2) is 15.5 Å². The Bertz CT molecular complexity index is 1270. The van der Waals surface area contributed by atoms with E-state index in [9.17, 15) is 8.42 Å². The fraction of sp³-hybridized carbons (Fsp3) is 0.0769. The second-order valence-electron chi connectivity index (χ2n) is 7.10. The first-order chi connectivity index (χ1) is 14.5. The third kappa shape index (κ3) is 3.67. The van der Waals surface area contributed by atoms with Crippen LogP contribution in [0.5, 0.6) is 0 Å². The summed E-state index contributed by atoms with van der Waals surface area (Å²) < 4.78 is 28.6. The van der Waals surface area contributed by atoms with Crippen molar-refractivity contribution < 1.29 is 8.42 Å². The van der Waals surface area contributed by atoms with Gasteiger partial charge in [0, 0.05) is 5.56 Å². The van der Waals surface area contributed by atoms with Crippen molar-refractivity contribution in [3.05, 3.63) is 103 Å². The van der Waals surface area contributed by atoms with Crippen LogP contribution in [0.15, 0.2) is 102 Å². The van der Waals surface area contributed by atoms with Crippen molar-refractivity contribution in [1.29, 1.82) is 0 Å². The fourth-order valence-corrected chi connectivity index (χ4v) is 4.93. The van der Waals surface area contributed by atoms with E-state index in [4.69, 9.17) is 0 Å². The average Bonchev–Trinajstić information content (AvgIpc) is 2.80. The Morgan fingerprint density at radius 2 is 1.07 bits per heavy atom. The molecule has 0 unspecified atom stereocenters. The molecule has 0 aromatic heterocycles. The summed E-state index contributed by atoms with van der Waals surface area (Å²) in [6.07, 6.45) is 0. The molecule has 0 amide bonds. The predicted octanol–water partition coefficient (Wildman–Crippen LogP) is 5.90. The molecule has 1 N–H and O–H groups in total. The molecule has 0 fully saturated rings. The third-order valence-electron chi connectivity index (χ3n) is 5.31. The molecule has 0 radical (unpaired) electrons. The minimum Gasteiger partial charge on any atom is -0.214 e. The van der Waals surface area contributed by atoms with Crippen molar-refractivity contribution in [2.45, 2.75) is 11.8 Å². The lowest BCUT2D eigenvalue weighted by Gasteiger charge is -2.21.